The molecule has 1 fully saturated rings. The molecule has 1 heterocycles. The summed E-state index contributed by atoms with van der Waals surface area (Å²) in [6, 6.07) is 4.94. The van der Waals surface area contributed by atoms with Crippen molar-refractivity contribution >= 4 is 0 Å². The van der Waals surface area contributed by atoms with Gasteiger partial charge in [0.1, 0.15) is 0 Å². The zero-order valence-corrected chi connectivity index (χ0v) is 11.3. The molecule has 1 aromatic heterocycles. The van der Waals surface area contributed by atoms with Crippen molar-refractivity contribution in [2.24, 2.45) is 5.41 Å². The summed E-state index contributed by atoms with van der Waals surface area (Å²) in [6.07, 6.45) is 7.33. The van der Waals surface area contributed by atoms with Crippen LogP contribution in [0, 0.1) is 12.3 Å². The van der Waals surface area contributed by atoms with Gasteiger partial charge in [-0.05, 0) is 43.2 Å². The summed E-state index contributed by atoms with van der Waals surface area (Å²) in [5.74, 6) is 0. The number of aromatic nitrogens is 1. The lowest BCUT2D eigenvalue weighted by molar-refractivity contribution is 0.198. The minimum Gasteiger partial charge on any atom is -0.310 e. The highest BCUT2D eigenvalue weighted by molar-refractivity contribution is 5.12. The molecule has 1 aliphatic carbocycles. The predicted octanol–water partition coefficient (Wildman–Crippen LogP) is 3.45. The maximum atomic E-state index is 4.33. The molecule has 17 heavy (non-hydrogen) atoms. The fourth-order valence-corrected chi connectivity index (χ4v) is 2.74. The third-order valence-electron chi connectivity index (χ3n) is 3.77. The lowest BCUT2D eigenvalue weighted by Gasteiger charge is -2.35. The Labute approximate surface area is 105 Å². The van der Waals surface area contributed by atoms with Gasteiger partial charge in [0.05, 0.1) is 0 Å². The summed E-state index contributed by atoms with van der Waals surface area (Å²) in [4.78, 5) is 4.33. The average Bonchev–Trinajstić information content (AvgIpc) is 2.27. The van der Waals surface area contributed by atoms with Crippen LogP contribution in [0.4, 0.5) is 0 Å². The first-order valence-electron chi connectivity index (χ1n) is 6.70. The van der Waals surface area contributed by atoms with Gasteiger partial charge in [0.2, 0.25) is 0 Å². The van der Waals surface area contributed by atoms with E-state index in [0.29, 0.717) is 11.5 Å². The van der Waals surface area contributed by atoms with E-state index in [1.54, 1.807) is 0 Å². The molecule has 1 atom stereocenters. The third kappa shape index (κ3) is 3.81. The Morgan fingerprint density at radius 1 is 1.41 bits per heavy atom. The summed E-state index contributed by atoms with van der Waals surface area (Å²) in [5.41, 5.74) is 2.90. The zero-order chi connectivity index (χ0) is 12.3. The molecule has 1 saturated carbocycles. The number of hydrogen-bond donors (Lipinski definition) is 1. The maximum absolute atomic E-state index is 4.33. The number of rotatable bonds is 3. The van der Waals surface area contributed by atoms with Gasteiger partial charge >= 0.3 is 0 Å². The SMILES string of the molecule is Cc1ccc(CNC2CCCC(C)(C)C2)cn1. The molecule has 0 aliphatic heterocycles. The normalized spacial score (nSPS) is 23.6. The molecule has 1 aliphatic rings. The van der Waals surface area contributed by atoms with Crippen LogP contribution in [-0.4, -0.2) is 11.0 Å². The van der Waals surface area contributed by atoms with Crippen LogP contribution in [0.2, 0.25) is 0 Å². The smallest absolute Gasteiger partial charge is 0.0372 e. The van der Waals surface area contributed by atoms with E-state index in [1.807, 2.05) is 13.1 Å². The molecule has 0 amide bonds. The Balaban J connectivity index is 1.84. The van der Waals surface area contributed by atoms with Crippen LogP contribution in [0.3, 0.4) is 0 Å². The van der Waals surface area contributed by atoms with Crippen LogP contribution in [0.5, 0.6) is 0 Å². The Kier molecular flexibility index (Phi) is 3.82. The van der Waals surface area contributed by atoms with Crippen molar-refractivity contribution in [3.05, 3.63) is 29.6 Å². The van der Waals surface area contributed by atoms with Gasteiger partial charge in [-0.2, -0.15) is 0 Å². The predicted molar refractivity (Wildman–Crippen MR) is 71.9 cm³/mol. The quantitative estimate of drug-likeness (QED) is 0.863. The van der Waals surface area contributed by atoms with E-state index in [0.717, 1.165) is 12.2 Å². The maximum Gasteiger partial charge on any atom is 0.0372 e. The lowest BCUT2D eigenvalue weighted by atomic mass is 9.75. The van der Waals surface area contributed by atoms with Gasteiger partial charge in [0, 0.05) is 24.5 Å². The minimum atomic E-state index is 0.515. The second kappa shape index (κ2) is 5.18. The van der Waals surface area contributed by atoms with Crippen molar-refractivity contribution in [1.82, 2.24) is 10.3 Å². The number of aryl methyl sites for hydroxylation is 1. The van der Waals surface area contributed by atoms with Gasteiger partial charge in [0.25, 0.3) is 0 Å². The van der Waals surface area contributed by atoms with Gasteiger partial charge in [0.15, 0.2) is 0 Å². The van der Waals surface area contributed by atoms with Crippen molar-refractivity contribution in [2.45, 2.75) is 59.0 Å². The van der Waals surface area contributed by atoms with E-state index in [2.05, 4.69) is 36.3 Å². The number of nitrogens with zero attached hydrogens (tertiary/aromatic N) is 1. The van der Waals surface area contributed by atoms with E-state index in [9.17, 15) is 0 Å². The second-order valence-corrected chi connectivity index (χ2v) is 6.15. The minimum absolute atomic E-state index is 0.515. The van der Waals surface area contributed by atoms with Gasteiger partial charge in [-0.1, -0.05) is 26.3 Å². The van der Waals surface area contributed by atoms with Crippen molar-refractivity contribution in [3.8, 4) is 0 Å². The fourth-order valence-electron chi connectivity index (χ4n) is 2.74. The van der Waals surface area contributed by atoms with Crippen molar-refractivity contribution in [2.75, 3.05) is 0 Å². The molecule has 0 radical (unpaired) electrons. The largest absolute Gasteiger partial charge is 0.310 e. The van der Waals surface area contributed by atoms with E-state index >= 15 is 0 Å². The Bertz CT molecular complexity index is 354. The van der Waals surface area contributed by atoms with Crippen LogP contribution in [-0.2, 0) is 6.54 Å². The van der Waals surface area contributed by atoms with E-state index in [-0.39, 0.29) is 0 Å². The highest BCUT2D eigenvalue weighted by atomic mass is 14.9. The summed E-state index contributed by atoms with van der Waals surface area (Å²) in [7, 11) is 0. The zero-order valence-electron chi connectivity index (χ0n) is 11.3. The topological polar surface area (TPSA) is 24.9 Å². The molecule has 2 heteroatoms. The fraction of sp³-hybridized carbons (Fsp3) is 0.667. The van der Waals surface area contributed by atoms with Gasteiger partial charge < -0.3 is 5.32 Å². The number of nitrogens with one attached hydrogen (secondary N) is 1. The Morgan fingerprint density at radius 3 is 2.88 bits per heavy atom. The standard InChI is InChI=1S/C15H24N2/c1-12-6-7-13(10-16-12)11-17-14-5-4-8-15(2,3)9-14/h6-7,10,14,17H,4-5,8-9,11H2,1-3H3. The molecule has 0 spiro atoms. The molecule has 0 saturated heterocycles. The Hall–Kier alpha value is -0.890. The molecular formula is C15H24N2. The first-order chi connectivity index (χ1) is 8.05. The average molecular weight is 232 g/mol. The van der Waals surface area contributed by atoms with Crippen LogP contribution >= 0.6 is 0 Å². The van der Waals surface area contributed by atoms with Crippen LogP contribution in [0.15, 0.2) is 18.3 Å². The Morgan fingerprint density at radius 2 is 2.24 bits per heavy atom. The molecule has 0 bridgehead atoms. The molecule has 0 aromatic carbocycles. The van der Waals surface area contributed by atoms with Crippen molar-refractivity contribution in [3.63, 3.8) is 0 Å². The van der Waals surface area contributed by atoms with Crippen molar-refractivity contribution in [1.29, 1.82) is 0 Å². The number of pyridine rings is 1. The summed E-state index contributed by atoms with van der Waals surface area (Å²) in [6.45, 7) is 7.75. The lowest BCUT2D eigenvalue weighted by Crippen LogP contribution is -2.36. The molecule has 1 unspecified atom stereocenters. The summed E-state index contributed by atoms with van der Waals surface area (Å²) >= 11 is 0. The molecular weight excluding hydrogens is 208 g/mol. The molecule has 1 aromatic rings. The monoisotopic (exact) mass is 232 g/mol. The first kappa shape index (κ1) is 12.6. The van der Waals surface area contributed by atoms with Gasteiger partial charge in [-0.3, -0.25) is 4.98 Å². The number of hydrogen-bond acceptors (Lipinski definition) is 2. The van der Waals surface area contributed by atoms with Crippen LogP contribution < -0.4 is 5.32 Å². The summed E-state index contributed by atoms with van der Waals surface area (Å²) in [5, 5.41) is 3.67. The third-order valence-corrected chi connectivity index (χ3v) is 3.77. The molecule has 1 N–H and O–H groups in total. The molecule has 2 nitrogen and oxygen atoms in total. The van der Waals surface area contributed by atoms with E-state index < -0.39 is 0 Å². The van der Waals surface area contributed by atoms with Crippen molar-refractivity contribution < 1.29 is 0 Å². The van der Waals surface area contributed by atoms with E-state index in [1.165, 1.54) is 31.2 Å². The molecule has 94 valence electrons. The van der Waals surface area contributed by atoms with Crippen LogP contribution in [0.1, 0.15) is 50.8 Å². The molecule has 2 rings (SSSR count). The van der Waals surface area contributed by atoms with Crippen LogP contribution in [0.25, 0.3) is 0 Å². The van der Waals surface area contributed by atoms with Gasteiger partial charge in [-0.25, -0.2) is 0 Å². The first-order valence-corrected chi connectivity index (χ1v) is 6.70. The van der Waals surface area contributed by atoms with Gasteiger partial charge in [-0.15, -0.1) is 0 Å². The highest BCUT2D eigenvalue weighted by Crippen LogP contribution is 2.35. The summed E-state index contributed by atoms with van der Waals surface area (Å²) < 4.78 is 0. The van der Waals surface area contributed by atoms with E-state index in [4.69, 9.17) is 0 Å². The highest BCUT2D eigenvalue weighted by Gasteiger charge is 2.27. The second-order valence-electron chi connectivity index (χ2n) is 6.15.